The number of anilines is 1. The summed E-state index contributed by atoms with van der Waals surface area (Å²) < 4.78 is 0. The summed E-state index contributed by atoms with van der Waals surface area (Å²) in [7, 11) is 2.02. The third kappa shape index (κ3) is 6.08. The topological polar surface area (TPSA) is 163 Å². The molecule has 9 nitrogen and oxygen atoms in total. The van der Waals surface area contributed by atoms with Gasteiger partial charge in [0.05, 0.1) is 12.8 Å². The lowest BCUT2D eigenvalue weighted by atomic mass is 9.91. The first-order valence-electron chi connectivity index (χ1n) is 8.39. The van der Waals surface area contributed by atoms with Gasteiger partial charge in [-0.25, -0.2) is 0 Å². The molecule has 1 heterocycles. The van der Waals surface area contributed by atoms with E-state index in [-0.39, 0.29) is 18.3 Å². The molecular formula is C18H25N3O6. The van der Waals surface area contributed by atoms with Gasteiger partial charge in [0.1, 0.15) is 0 Å². The fourth-order valence-electron chi connectivity index (χ4n) is 3.04. The maximum absolute atomic E-state index is 10.5. The molecule has 7 N–H and O–H groups in total. The second-order valence-corrected chi connectivity index (χ2v) is 6.12. The summed E-state index contributed by atoms with van der Waals surface area (Å²) in [4.78, 5) is 33.3. The Balaban J connectivity index is 0.000000350. The van der Waals surface area contributed by atoms with Crippen LogP contribution in [0.2, 0.25) is 0 Å². The summed E-state index contributed by atoms with van der Waals surface area (Å²) in [5.41, 5.74) is 4.75. The van der Waals surface area contributed by atoms with E-state index in [2.05, 4.69) is 21.7 Å². The van der Waals surface area contributed by atoms with Crippen LogP contribution in [0, 0.1) is 0 Å². The van der Waals surface area contributed by atoms with Crippen molar-refractivity contribution in [2.24, 2.45) is 0 Å². The zero-order valence-corrected chi connectivity index (χ0v) is 15.0. The van der Waals surface area contributed by atoms with Gasteiger partial charge in [-0.2, -0.15) is 0 Å². The van der Waals surface area contributed by atoms with Crippen LogP contribution in [0.3, 0.4) is 0 Å². The average Bonchev–Trinajstić information content (AvgIpc) is 2.98. The Hall–Kier alpha value is -2.91. The summed E-state index contributed by atoms with van der Waals surface area (Å²) >= 11 is 0. The first kappa shape index (κ1) is 22.1. The Morgan fingerprint density at radius 1 is 1.26 bits per heavy atom. The molecule has 0 saturated carbocycles. The van der Waals surface area contributed by atoms with E-state index in [1.165, 1.54) is 23.1 Å². The van der Waals surface area contributed by atoms with Gasteiger partial charge < -0.3 is 31.3 Å². The number of benzene rings is 1. The van der Waals surface area contributed by atoms with E-state index in [4.69, 9.17) is 10.2 Å². The number of aryl methyl sites for hydroxylation is 1. The lowest BCUT2D eigenvalue weighted by Crippen LogP contribution is -2.31. The van der Waals surface area contributed by atoms with E-state index in [9.17, 15) is 14.4 Å². The molecule has 2 aromatic rings. The summed E-state index contributed by atoms with van der Waals surface area (Å²) in [6.07, 6.45) is 3.44. The second-order valence-electron chi connectivity index (χ2n) is 6.12. The molecule has 1 aromatic heterocycles. The molecule has 0 unspecified atom stereocenters. The molecule has 1 atom stereocenters. The number of aliphatic carboxylic acids is 2. The van der Waals surface area contributed by atoms with Crippen molar-refractivity contribution >= 4 is 34.9 Å². The molecule has 0 spiro atoms. The first-order chi connectivity index (χ1) is 12.4. The molecule has 1 amide bonds. The van der Waals surface area contributed by atoms with Gasteiger partial charge >= 0.3 is 11.9 Å². The SMILES string of the molecule is CN[C@@H]1CCc2[nH]c3ccc(NC=O)cc3c2C1.O.O=C(O)CCC(=O)O. The Labute approximate surface area is 156 Å². The minimum Gasteiger partial charge on any atom is -0.481 e. The number of hydrogen-bond acceptors (Lipinski definition) is 4. The number of rotatable bonds is 6. The molecule has 9 heteroatoms. The quantitative estimate of drug-likeness (QED) is 0.469. The molecule has 0 aliphatic heterocycles. The largest absolute Gasteiger partial charge is 0.481 e. The predicted octanol–water partition coefficient (Wildman–Crippen LogP) is 0.924. The van der Waals surface area contributed by atoms with Crippen LogP contribution in [0.1, 0.15) is 30.5 Å². The highest BCUT2D eigenvalue weighted by Gasteiger charge is 2.21. The minimum atomic E-state index is -1.08. The van der Waals surface area contributed by atoms with Gasteiger partial charge in [0.2, 0.25) is 6.41 Å². The monoisotopic (exact) mass is 379 g/mol. The highest BCUT2D eigenvalue weighted by atomic mass is 16.4. The Kier molecular flexibility index (Phi) is 8.43. The van der Waals surface area contributed by atoms with Crippen LogP contribution in [-0.2, 0) is 27.2 Å². The third-order valence-corrected chi connectivity index (χ3v) is 4.37. The molecule has 0 bridgehead atoms. The van der Waals surface area contributed by atoms with Crippen LogP contribution in [-0.4, -0.2) is 52.1 Å². The predicted molar refractivity (Wildman–Crippen MR) is 101 cm³/mol. The maximum atomic E-state index is 10.5. The van der Waals surface area contributed by atoms with Crippen molar-refractivity contribution in [3.05, 3.63) is 29.5 Å². The molecule has 1 aliphatic rings. The van der Waals surface area contributed by atoms with E-state index in [0.717, 1.165) is 30.5 Å². The summed E-state index contributed by atoms with van der Waals surface area (Å²) in [5.74, 6) is -2.15. The minimum absolute atomic E-state index is 0. The van der Waals surface area contributed by atoms with Crippen LogP contribution < -0.4 is 10.6 Å². The fourth-order valence-corrected chi connectivity index (χ4v) is 3.04. The Bertz CT molecular complexity index is 788. The van der Waals surface area contributed by atoms with Gasteiger partial charge in [0, 0.05) is 28.3 Å². The van der Waals surface area contributed by atoms with Gasteiger partial charge in [-0.3, -0.25) is 14.4 Å². The van der Waals surface area contributed by atoms with Gasteiger partial charge in [-0.1, -0.05) is 0 Å². The van der Waals surface area contributed by atoms with Gasteiger partial charge in [0.25, 0.3) is 0 Å². The Morgan fingerprint density at radius 2 is 1.93 bits per heavy atom. The van der Waals surface area contributed by atoms with Gasteiger partial charge in [-0.15, -0.1) is 0 Å². The number of aromatic amines is 1. The van der Waals surface area contributed by atoms with Crippen molar-refractivity contribution in [2.75, 3.05) is 12.4 Å². The van der Waals surface area contributed by atoms with Crippen molar-refractivity contribution in [3.8, 4) is 0 Å². The average molecular weight is 379 g/mol. The number of H-pyrrole nitrogens is 1. The lowest BCUT2D eigenvalue weighted by molar-refractivity contribution is -0.143. The molecule has 3 rings (SSSR count). The van der Waals surface area contributed by atoms with Crippen LogP contribution >= 0.6 is 0 Å². The summed E-state index contributed by atoms with van der Waals surface area (Å²) in [6.45, 7) is 0. The molecule has 1 aromatic carbocycles. The maximum Gasteiger partial charge on any atom is 0.303 e. The van der Waals surface area contributed by atoms with Crippen LogP contribution in [0.4, 0.5) is 5.69 Å². The normalized spacial score (nSPS) is 14.9. The van der Waals surface area contributed by atoms with Crippen LogP contribution in [0.15, 0.2) is 18.2 Å². The molecule has 27 heavy (non-hydrogen) atoms. The smallest absolute Gasteiger partial charge is 0.303 e. The number of carbonyl (C=O) groups is 3. The van der Waals surface area contributed by atoms with Crippen molar-refractivity contribution in [3.63, 3.8) is 0 Å². The number of carboxylic acid groups (broad SMARTS) is 2. The number of aromatic nitrogens is 1. The molecule has 0 radical (unpaired) electrons. The number of carboxylic acids is 2. The highest BCUT2D eigenvalue weighted by molar-refractivity contribution is 5.89. The zero-order chi connectivity index (χ0) is 19.1. The van der Waals surface area contributed by atoms with Gasteiger partial charge in [0.15, 0.2) is 0 Å². The number of carbonyl (C=O) groups excluding carboxylic acids is 1. The molecular weight excluding hydrogens is 354 g/mol. The number of amides is 1. The number of hydrogen-bond donors (Lipinski definition) is 5. The fraction of sp³-hybridized carbons (Fsp3) is 0.389. The molecule has 148 valence electrons. The third-order valence-electron chi connectivity index (χ3n) is 4.37. The number of likely N-dealkylation sites (N-methyl/N-ethyl adjacent to an activating group) is 1. The van der Waals surface area contributed by atoms with Crippen LogP contribution in [0.25, 0.3) is 10.9 Å². The molecule has 1 aliphatic carbocycles. The van der Waals surface area contributed by atoms with E-state index >= 15 is 0 Å². The van der Waals surface area contributed by atoms with Crippen molar-refractivity contribution < 1.29 is 30.1 Å². The first-order valence-corrected chi connectivity index (χ1v) is 8.39. The number of nitrogens with one attached hydrogen (secondary N) is 3. The van der Waals surface area contributed by atoms with E-state index in [1.54, 1.807) is 0 Å². The van der Waals surface area contributed by atoms with Crippen molar-refractivity contribution in [2.45, 2.75) is 38.1 Å². The van der Waals surface area contributed by atoms with Gasteiger partial charge in [-0.05, 0) is 50.1 Å². The summed E-state index contributed by atoms with van der Waals surface area (Å²) in [6, 6.07) is 6.57. The second kappa shape index (κ2) is 10.3. The van der Waals surface area contributed by atoms with Crippen molar-refractivity contribution in [1.82, 2.24) is 10.3 Å². The van der Waals surface area contributed by atoms with E-state index in [0.29, 0.717) is 6.04 Å². The van der Waals surface area contributed by atoms with Crippen molar-refractivity contribution in [1.29, 1.82) is 0 Å². The highest BCUT2D eigenvalue weighted by Crippen LogP contribution is 2.30. The van der Waals surface area contributed by atoms with E-state index in [1.807, 2.05) is 19.2 Å². The Morgan fingerprint density at radius 3 is 2.48 bits per heavy atom. The van der Waals surface area contributed by atoms with E-state index < -0.39 is 11.9 Å². The molecule has 0 fully saturated rings. The standard InChI is InChI=1S/C14H17N3O.C4H6O4.H2O/c1-15-9-2-4-13-11(6-9)12-7-10(16-8-18)3-5-14(12)17-13;5-3(6)1-2-4(7)8;/h3,5,7-9,15,17H,2,4,6H2,1H3,(H,16,18);1-2H2,(H,5,6)(H,7,8);1H2/t9-;;/m1../s1. The lowest BCUT2D eigenvalue weighted by Gasteiger charge is -2.21. The molecule has 0 saturated heterocycles. The zero-order valence-electron chi connectivity index (χ0n) is 15.0. The summed E-state index contributed by atoms with van der Waals surface area (Å²) in [5, 5.41) is 23.1. The van der Waals surface area contributed by atoms with Crippen LogP contribution in [0.5, 0.6) is 0 Å². The number of fused-ring (bicyclic) bond motifs is 3.